The van der Waals surface area contributed by atoms with E-state index in [-0.39, 0.29) is 23.7 Å². The van der Waals surface area contributed by atoms with Crippen LogP contribution >= 0.6 is 0 Å². The van der Waals surface area contributed by atoms with Gasteiger partial charge in [0.15, 0.2) is 6.29 Å². The van der Waals surface area contributed by atoms with Crippen molar-refractivity contribution in [2.24, 2.45) is 17.8 Å². The van der Waals surface area contributed by atoms with Crippen molar-refractivity contribution in [3.8, 4) is 5.75 Å². The summed E-state index contributed by atoms with van der Waals surface area (Å²) in [5, 5.41) is 49.4. The lowest BCUT2D eigenvalue weighted by Crippen LogP contribution is -2.60. The molecule has 0 aromatic heterocycles. The van der Waals surface area contributed by atoms with Gasteiger partial charge in [-0.3, -0.25) is 0 Å². The van der Waals surface area contributed by atoms with Crippen LogP contribution in [0.3, 0.4) is 0 Å². The first kappa shape index (κ1) is 28.0. The number of rotatable bonds is 7. The molecule has 12 nitrogen and oxygen atoms in total. The molecule has 0 radical (unpaired) electrons. The van der Waals surface area contributed by atoms with E-state index in [1.807, 2.05) is 0 Å². The van der Waals surface area contributed by atoms with Gasteiger partial charge in [0.25, 0.3) is 0 Å². The van der Waals surface area contributed by atoms with E-state index >= 15 is 0 Å². The van der Waals surface area contributed by atoms with Gasteiger partial charge in [-0.1, -0.05) is 19.1 Å². The number of hydrogen-bond donors (Lipinski definition) is 5. The second kappa shape index (κ2) is 11.8. The molecule has 3 aliphatic rings. The third kappa shape index (κ3) is 5.70. The molecule has 10 atom stereocenters. The Bertz CT molecular complexity index is 1050. The Hall–Kier alpha value is -3.00. The maximum Gasteiger partial charge on any atom is 0.337 e. The Balaban J connectivity index is 1.50. The van der Waals surface area contributed by atoms with E-state index < -0.39 is 73.5 Å². The quantitative estimate of drug-likeness (QED) is 0.229. The predicted octanol–water partition coefficient (Wildman–Crippen LogP) is -0.181. The van der Waals surface area contributed by atoms with Gasteiger partial charge in [-0.2, -0.15) is 0 Å². The van der Waals surface area contributed by atoms with Crippen molar-refractivity contribution in [2.45, 2.75) is 56.4 Å². The number of aliphatic hydroxyl groups is 4. The van der Waals surface area contributed by atoms with Crippen LogP contribution in [0.5, 0.6) is 5.75 Å². The second-order valence-corrected chi connectivity index (χ2v) is 9.58. The summed E-state index contributed by atoms with van der Waals surface area (Å²) in [5.74, 6) is -2.53. The van der Waals surface area contributed by atoms with Crippen LogP contribution in [0.4, 0.5) is 0 Å². The van der Waals surface area contributed by atoms with Crippen LogP contribution in [0.2, 0.25) is 0 Å². The van der Waals surface area contributed by atoms with Gasteiger partial charge in [-0.15, -0.1) is 0 Å². The van der Waals surface area contributed by atoms with Crippen molar-refractivity contribution in [2.75, 3.05) is 13.7 Å². The summed E-state index contributed by atoms with van der Waals surface area (Å²) in [4.78, 5) is 25.0. The average Bonchev–Trinajstić information content (AvgIpc) is 3.24. The maximum atomic E-state index is 12.6. The summed E-state index contributed by atoms with van der Waals surface area (Å²) in [6.07, 6.45) is -4.90. The lowest BCUT2D eigenvalue weighted by atomic mass is 9.83. The van der Waals surface area contributed by atoms with Crippen molar-refractivity contribution in [3.05, 3.63) is 47.7 Å². The molecule has 1 saturated carbocycles. The van der Waals surface area contributed by atoms with Gasteiger partial charge in [-0.05, 0) is 30.2 Å². The van der Waals surface area contributed by atoms with E-state index in [4.69, 9.17) is 23.7 Å². The fraction of sp³-hybridized carbons (Fsp3) is 0.538. The van der Waals surface area contributed by atoms with Crippen LogP contribution in [-0.4, -0.2) is 94.3 Å². The van der Waals surface area contributed by atoms with Gasteiger partial charge < -0.3 is 49.2 Å². The van der Waals surface area contributed by atoms with Gasteiger partial charge >= 0.3 is 11.9 Å². The lowest BCUT2D eigenvalue weighted by Gasteiger charge is -2.43. The van der Waals surface area contributed by atoms with Crippen molar-refractivity contribution in [1.82, 2.24) is 0 Å². The highest BCUT2D eigenvalue weighted by Crippen LogP contribution is 2.48. The number of fused-ring (bicyclic) bond motifs is 1. The number of benzene rings is 1. The van der Waals surface area contributed by atoms with Crippen LogP contribution in [0.15, 0.2) is 42.2 Å². The highest BCUT2D eigenvalue weighted by Gasteiger charge is 2.54. The minimum Gasteiger partial charge on any atom is -0.508 e. The van der Waals surface area contributed by atoms with E-state index in [0.29, 0.717) is 5.56 Å². The standard InChI is InChI=1S/C26H32O12/c1-12-17(36-19(29)8-5-13-3-6-14(28)7-4-13)9-15-16(24(33)34-2)11-35-25(20(12)15)38-26-23(32)22(31)21(30)18(10-27)37-26/h3-8,11-12,15,17-18,20-23,25-28,30-32H,9-10H2,1-2H3/t12-,15+,17+,18+,20+,21+,22-,23+,25-,26-/m0/s1. The first-order valence-electron chi connectivity index (χ1n) is 12.2. The van der Waals surface area contributed by atoms with Gasteiger partial charge in [0, 0.05) is 23.8 Å². The fourth-order valence-electron chi connectivity index (χ4n) is 5.17. The first-order chi connectivity index (χ1) is 18.1. The van der Waals surface area contributed by atoms with Gasteiger partial charge in [0.1, 0.15) is 36.3 Å². The Morgan fingerprint density at radius 3 is 2.45 bits per heavy atom. The number of hydrogen-bond acceptors (Lipinski definition) is 12. The molecule has 0 bridgehead atoms. The summed E-state index contributed by atoms with van der Waals surface area (Å²) in [6.45, 7) is 1.18. The zero-order chi connectivity index (χ0) is 27.6. The van der Waals surface area contributed by atoms with E-state index in [1.54, 1.807) is 25.1 Å². The van der Waals surface area contributed by atoms with E-state index in [0.717, 1.165) is 0 Å². The third-order valence-corrected chi connectivity index (χ3v) is 7.30. The molecule has 4 rings (SSSR count). The summed E-state index contributed by atoms with van der Waals surface area (Å²) in [5.41, 5.74) is 0.918. The van der Waals surface area contributed by atoms with Crippen LogP contribution in [0.1, 0.15) is 18.9 Å². The minimum atomic E-state index is -1.64. The highest BCUT2D eigenvalue weighted by molar-refractivity contribution is 5.89. The molecule has 1 aromatic rings. The van der Waals surface area contributed by atoms with Crippen molar-refractivity contribution >= 4 is 18.0 Å². The molecule has 0 spiro atoms. The van der Waals surface area contributed by atoms with E-state index in [1.165, 1.54) is 31.6 Å². The number of carbonyl (C=O) groups is 2. The smallest absolute Gasteiger partial charge is 0.337 e. The van der Waals surface area contributed by atoms with Gasteiger partial charge in [0.05, 0.1) is 25.6 Å². The summed E-state index contributed by atoms with van der Waals surface area (Å²) in [6, 6.07) is 6.26. The van der Waals surface area contributed by atoms with Crippen molar-refractivity contribution < 1.29 is 58.8 Å². The molecule has 2 fully saturated rings. The molecule has 1 aliphatic carbocycles. The van der Waals surface area contributed by atoms with Crippen LogP contribution in [-0.2, 0) is 33.3 Å². The highest BCUT2D eigenvalue weighted by atomic mass is 16.8. The zero-order valence-corrected chi connectivity index (χ0v) is 20.8. The predicted molar refractivity (Wildman–Crippen MR) is 128 cm³/mol. The normalized spacial score (nSPS) is 36.7. The van der Waals surface area contributed by atoms with E-state index in [2.05, 4.69) is 0 Å². The van der Waals surface area contributed by atoms with Gasteiger partial charge in [-0.25, -0.2) is 9.59 Å². The Labute approximate surface area is 218 Å². The SMILES string of the molecule is COC(=O)C1=CO[C@@H](O[C@@H]2O[C@H](CO)[C@@H](O)[C@H](O)[C@H]2O)[C@@H]2[C@@H](C)[C@H](OC(=O)C=Cc3ccc(O)cc3)C[C@H]12. The topological polar surface area (TPSA) is 181 Å². The zero-order valence-electron chi connectivity index (χ0n) is 20.8. The number of phenols is 1. The van der Waals surface area contributed by atoms with Crippen LogP contribution in [0.25, 0.3) is 6.08 Å². The molecule has 1 aromatic carbocycles. The van der Waals surface area contributed by atoms with Crippen LogP contribution in [0, 0.1) is 17.8 Å². The number of carbonyl (C=O) groups excluding carboxylic acids is 2. The first-order valence-corrected chi connectivity index (χ1v) is 12.2. The van der Waals surface area contributed by atoms with E-state index in [9.17, 15) is 35.1 Å². The lowest BCUT2D eigenvalue weighted by molar-refractivity contribution is -0.342. The molecule has 2 heterocycles. The maximum absolute atomic E-state index is 12.6. The molecule has 0 amide bonds. The monoisotopic (exact) mass is 536 g/mol. The Morgan fingerprint density at radius 2 is 1.79 bits per heavy atom. The molecule has 0 unspecified atom stereocenters. The number of phenolic OH excluding ortho intramolecular Hbond substituents is 1. The minimum absolute atomic E-state index is 0.101. The second-order valence-electron chi connectivity index (χ2n) is 9.58. The molecule has 5 N–H and O–H groups in total. The molecule has 1 saturated heterocycles. The molecular formula is C26H32O12. The number of aliphatic hydroxyl groups excluding tert-OH is 4. The molecule has 38 heavy (non-hydrogen) atoms. The molecule has 12 heteroatoms. The third-order valence-electron chi connectivity index (χ3n) is 7.30. The summed E-state index contributed by atoms with van der Waals surface area (Å²) in [7, 11) is 1.23. The van der Waals surface area contributed by atoms with Crippen molar-refractivity contribution in [1.29, 1.82) is 0 Å². The molecule has 208 valence electrons. The number of esters is 2. The average molecular weight is 537 g/mol. The fourth-order valence-corrected chi connectivity index (χ4v) is 5.17. The Morgan fingerprint density at radius 1 is 1.08 bits per heavy atom. The summed E-state index contributed by atoms with van der Waals surface area (Å²) < 4.78 is 27.6. The summed E-state index contributed by atoms with van der Waals surface area (Å²) >= 11 is 0. The van der Waals surface area contributed by atoms with Gasteiger partial charge in [0.2, 0.25) is 6.29 Å². The number of methoxy groups -OCH3 is 1. The number of aromatic hydroxyl groups is 1. The number of ether oxygens (including phenoxy) is 5. The molecule has 2 aliphatic heterocycles. The largest absolute Gasteiger partial charge is 0.508 e. The van der Waals surface area contributed by atoms with Crippen molar-refractivity contribution in [3.63, 3.8) is 0 Å². The van der Waals surface area contributed by atoms with Crippen LogP contribution < -0.4 is 0 Å². The Kier molecular flexibility index (Phi) is 8.71. The molecular weight excluding hydrogens is 504 g/mol.